The van der Waals surface area contributed by atoms with Crippen LogP contribution in [-0.2, 0) is 0 Å². The first kappa shape index (κ1) is 13.6. The van der Waals surface area contributed by atoms with Crippen LogP contribution in [0.15, 0.2) is 18.2 Å². The van der Waals surface area contributed by atoms with E-state index >= 15 is 0 Å². The first-order valence-electron chi connectivity index (χ1n) is 6.69. The lowest BCUT2D eigenvalue weighted by molar-refractivity contribution is -0.384. The SMILES string of the molecule is COc1ccc([N+](=O)[O-])cc1N[C@@H]1CCC[C@@H](C)C1. The van der Waals surface area contributed by atoms with Crippen LogP contribution >= 0.6 is 0 Å². The lowest BCUT2D eigenvalue weighted by Gasteiger charge is -2.28. The summed E-state index contributed by atoms with van der Waals surface area (Å²) in [6.07, 6.45) is 4.68. The summed E-state index contributed by atoms with van der Waals surface area (Å²) in [6.45, 7) is 2.25. The zero-order chi connectivity index (χ0) is 13.8. The van der Waals surface area contributed by atoms with E-state index < -0.39 is 0 Å². The molecule has 1 aliphatic rings. The van der Waals surface area contributed by atoms with Gasteiger partial charge in [-0.2, -0.15) is 0 Å². The molecule has 5 nitrogen and oxygen atoms in total. The van der Waals surface area contributed by atoms with Crippen molar-refractivity contribution in [2.24, 2.45) is 5.92 Å². The average Bonchev–Trinajstić information content (AvgIpc) is 2.38. The van der Waals surface area contributed by atoms with Crippen LogP contribution in [0.25, 0.3) is 0 Å². The molecule has 1 aromatic rings. The number of nitro benzene ring substituents is 1. The van der Waals surface area contributed by atoms with Crippen molar-refractivity contribution in [2.75, 3.05) is 12.4 Å². The second-order valence-corrected chi connectivity index (χ2v) is 5.25. The Morgan fingerprint density at radius 1 is 1.42 bits per heavy atom. The van der Waals surface area contributed by atoms with E-state index in [0.29, 0.717) is 17.7 Å². The molecule has 0 radical (unpaired) electrons. The fraction of sp³-hybridized carbons (Fsp3) is 0.571. The first-order chi connectivity index (χ1) is 9.10. The quantitative estimate of drug-likeness (QED) is 0.666. The number of hydrogen-bond donors (Lipinski definition) is 1. The lowest BCUT2D eigenvalue weighted by Crippen LogP contribution is -2.26. The topological polar surface area (TPSA) is 64.4 Å². The Bertz CT molecular complexity index is 462. The van der Waals surface area contributed by atoms with Gasteiger partial charge in [-0.15, -0.1) is 0 Å². The molecule has 5 heteroatoms. The second kappa shape index (κ2) is 5.91. The van der Waals surface area contributed by atoms with Crippen LogP contribution in [0.2, 0.25) is 0 Å². The van der Waals surface area contributed by atoms with Crippen molar-refractivity contribution in [1.82, 2.24) is 0 Å². The molecule has 1 aliphatic carbocycles. The molecule has 0 spiro atoms. The van der Waals surface area contributed by atoms with E-state index in [-0.39, 0.29) is 10.6 Å². The van der Waals surface area contributed by atoms with Gasteiger partial charge in [-0.25, -0.2) is 0 Å². The van der Waals surface area contributed by atoms with E-state index in [4.69, 9.17) is 4.74 Å². The van der Waals surface area contributed by atoms with Crippen LogP contribution in [-0.4, -0.2) is 18.1 Å². The van der Waals surface area contributed by atoms with Crippen molar-refractivity contribution >= 4 is 11.4 Å². The first-order valence-corrected chi connectivity index (χ1v) is 6.69. The van der Waals surface area contributed by atoms with Crippen LogP contribution in [0, 0.1) is 16.0 Å². The summed E-state index contributed by atoms with van der Waals surface area (Å²) in [6, 6.07) is 5.04. The summed E-state index contributed by atoms with van der Waals surface area (Å²) in [5, 5.41) is 14.2. The predicted octanol–water partition coefficient (Wildman–Crippen LogP) is 3.59. The highest BCUT2D eigenvalue weighted by Gasteiger charge is 2.20. The molecule has 2 rings (SSSR count). The Hall–Kier alpha value is -1.78. The number of nitrogens with zero attached hydrogens (tertiary/aromatic N) is 1. The fourth-order valence-electron chi connectivity index (χ4n) is 2.71. The lowest BCUT2D eigenvalue weighted by atomic mass is 9.87. The van der Waals surface area contributed by atoms with Gasteiger partial charge in [-0.3, -0.25) is 10.1 Å². The maximum atomic E-state index is 10.8. The highest BCUT2D eigenvalue weighted by molar-refractivity contribution is 5.62. The van der Waals surface area contributed by atoms with Gasteiger partial charge in [-0.1, -0.05) is 19.8 Å². The summed E-state index contributed by atoms with van der Waals surface area (Å²) in [5.41, 5.74) is 0.808. The van der Waals surface area contributed by atoms with Gasteiger partial charge in [0.15, 0.2) is 0 Å². The highest BCUT2D eigenvalue weighted by Crippen LogP contribution is 2.32. The summed E-state index contributed by atoms with van der Waals surface area (Å²) in [4.78, 5) is 10.5. The normalized spacial score (nSPS) is 22.8. The highest BCUT2D eigenvalue weighted by atomic mass is 16.6. The molecule has 0 saturated heterocycles. The number of benzene rings is 1. The van der Waals surface area contributed by atoms with Gasteiger partial charge in [0, 0.05) is 18.2 Å². The van der Waals surface area contributed by atoms with Crippen molar-refractivity contribution in [2.45, 2.75) is 38.6 Å². The fourth-order valence-corrected chi connectivity index (χ4v) is 2.71. The summed E-state index contributed by atoms with van der Waals surface area (Å²) < 4.78 is 5.26. The summed E-state index contributed by atoms with van der Waals surface area (Å²) >= 11 is 0. The number of nitrogens with one attached hydrogen (secondary N) is 1. The van der Waals surface area contributed by atoms with Crippen LogP contribution in [0.1, 0.15) is 32.6 Å². The van der Waals surface area contributed by atoms with Gasteiger partial charge >= 0.3 is 0 Å². The molecular weight excluding hydrogens is 244 g/mol. The molecule has 0 bridgehead atoms. The molecular formula is C14H20N2O3. The third-order valence-electron chi connectivity index (χ3n) is 3.69. The van der Waals surface area contributed by atoms with Crippen LogP contribution < -0.4 is 10.1 Å². The van der Waals surface area contributed by atoms with E-state index in [1.54, 1.807) is 19.2 Å². The van der Waals surface area contributed by atoms with Crippen molar-refractivity contribution < 1.29 is 9.66 Å². The van der Waals surface area contributed by atoms with Crippen LogP contribution in [0.5, 0.6) is 5.75 Å². The Morgan fingerprint density at radius 3 is 2.84 bits per heavy atom. The number of non-ortho nitro benzene ring substituents is 1. The monoisotopic (exact) mass is 264 g/mol. The third kappa shape index (κ3) is 3.36. The number of hydrogen-bond acceptors (Lipinski definition) is 4. The van der Waals surface area contributed by atoms with Gasteiger partial charge in [-0.05, 0) is 24.8 Å². The van der Waals surface area contributed by atoms with Crippen LogP contribution in [0.4, 0.5) is 11.4 Å². The van der Waals surface area contributed by atoms with Crippen molar-refractivity contribution in [3.8, 4) is 5.75 Å². The van der Waals surface area contributed by atoms with E-state index in [1.807, 2.05) is 0 Å². The number of ether oxygens (including phenoxy) is 1. The molecule has 1 N–H and O–H groups in total. The van der Waals surface area contributed by atoms with Crippen LogP contribution in [0.3, 0.4) is 0 Å². The molecule has 0 heterocycles. The van der Waals surface area contributed by atoms with Gasteiger partial charge in [0.2, 0.25) is 0 Å². The Morgan fingerprint density at radius 2 is 2.21 bits per heavy atom. The Kier molecular flexibility index (Phi) is 4.24. The third-order valence-corrected chi connectivity index (χ3v) is 3.69. The van der Waals surface area contributed by atoms with Crippen molar-refractivity contribution in [3.63, 3.8) is 0 Å². The standard InChI is InChI=1S/C14H20N2O3/c1-10-4-3-5-11(8-10)15-13-9-12(16(17)18)6-7-14(13)19-2/h6-7,9-11,15H,3-5,8H2,1-2H3/t10-,11-/m1/s1. The summed E-state index contributed by atoms with van der Waals surface area (Å²) in [5.74, 6) is 1.36. The minimum absolute atomic E-state index is 0.0900. The Labute approximate surface area is 113 Å². The van der Waals surface area contributed by atoms with Gasteiger partial charge < -0.3 is 10.1 Å². The van der Waals surface area contributed by atoms with E-state index in [2.05, 4.69) is 12.2 Å². The molecule has 0 unspecified atom stereocenters. The summed E-state index contributed by atoms with van der Waals surface area (Å²) in [7, 11) is 1.58. The van der Waals surface area contributed by atoms with Crippen molar-refractivity contribution in [3.05, 3.63) is 28.3 Å². The number of rotatable bonds is 4. The molecule has 104 valence electrons. The van der Waals surface area contributed by atoms with Gasteiger partial charge in [0.25, 0.3) is 5.69 Å². The zero-order valence-corrected chi connectivity index (χ0v) is 11.4. The largest absolute Gasteiger partial charge is 0.495 e. The predicted molar refractivity (Wildman–Crippen MR) is 74.7 cm³/mol. The van der Waals surface area contributed by atoms with E-state index in [9.17, 15) is 10.1 Å². The average molecular weight is 264 g/mol. The minimum Gasteiger partial charge on any atom is -0.495 e. The second-order valence-electron chi connectivity index (χ2n) is 5.25. The maximum Gasteiger partial charge on any atom is 0.271 e. The molecule has 0 amide bonds. The molecule has 0 aliphatic heterocycles. The maximum absolute atomic E-state index is 10.8. The van der Waals surface area contributed by atoms with Gasteiger partial charge in [0.05, 0.1) is 17.7 Å². The van der Waals surface area contributed by atoms with E-state index in [1.165, 1.54) is 18.9 Å². The molecule has 0 aromatic heterocycles. The molecule has 1 aromatic carbocycles. The number of methoxy groups -OCH3 is 1. The Balaban J connectivity index is 2.17. The molecule has 1 fully saturated rings. The zero-order valence-electron chi connectivity index (χ0n) is 11.4. The van der Waals surface area contributed by atoms with Gasteiger partial charge in [0.1, 0.15) is 5.75 Å². The molecule has 19 heavy (non-hydrogen) atoms. The minimum atomic E-state index is -0.381. The number of nitro groups is 1. The smallest absolute Gasteiger partial charge is 0.271 e. The van der Waals surface area contributed by atoms with E-state index in [0.717, 1.165) is 18.5 Å². The van der Waals surface area contributed by atoms with Crippen molar-refractivity contribution in [1.29, 1.82) is 0 Å². The number of anilines is 1. The molecule has 2 atom stereocenters. The molecule has 1 saturated carbocycles.